The molecule has 0 unspecified atom stereocenters. The molecule has 2 aromatic rings. The van der Waals surface area contributed by atoms with Crippen LogP contribution in [0.25, 0.3) is 0 Å². The molecule has 6 heteroatoms. The van der Waals surface area contributed by atoms with Crippen LogP contribution in [0.2, 0.25) is 0 Å². The number of hydrogen-bond donors (Lipinski definition) is 1. The first-order valence-electron chi connectivity index (χ1n) is 6.48. The Morgan fingerprint density at radius 3 is 2.71 bits per heavy atom. The highest BCUT2D eigenvalue weighted by atomic mass is 32.1. The van der Waals surface area contributed by atoms with Gasteiger partial charge < -0.3 is 14.8 Å². The zero-order valence-electron chi connectivity index (χ0n) is 12.5. The minimum Gasteiger partial charge on any atom is -0.497 e. The van der Waals surface area contributed by atoms with Crippen molar-refractivity contribution in [3.05, 3.63) is 35.0 Å². The molecule has 21 heavy (non-hydrogen) atoms. The molecule has 5 nitrogen and oxygen atoms in total. The third-order valence-electron chi connectivity index (χ3n) is 3.15. The summed E-state index contributed by atoms with van der Waals surface area (Å²) in [6, 6.07) is 5.65. The first-order valence-corrected chi connectivity index (χ1v) is 7.26. The molecule has 0 fully saturated rings. The number of nitrogens with one attached hydrogen (secondary N) is 1. The third kappa shape index (κ3) is 3.33. The summed E-state index contributed by atoms with van der Waals surface area (Å²) < 4.78 is 14.8. The average Bonchev–Trinajstić information content (AvgIpc) is 2.85. The lowest BCUT2D eigenvalue weighted by Crippen LogP contribution is -2.04. The Bertz CT molecular complexity index is 652. The largest absolute Gasteiger partial charge is 0.497 e. The summed E-state index contributed by atoms with van der Waals surface area (Å²) in [5, 5.41) is 4.05. The van der Waals surface area contributed by atoms with Crippen molar-refractivity contribution in [3.63, 3.8) is 0 Å². The standard InChI is InChI=1S/C15H18N2O3S/c1-9-14(10(2)18)15(21-17-9)16-8-11-5-6-12(19-3)7-13(11)20-4/h5-7,16H,8H2,1-4H3. The summed E-state index contributed by atoms with van der Waals surface area (Å²) in [6.45, 7) is 3.94. The van der Waals surface area contributed by atoms with E-state index in [9.17, 15) is 4.79 Å². The highest BCUT2D eigenvalue weighted by Gasteiger charge is 2.15. The fraction of sp³-hybridized carbons (Fsp3) is 0.333. The predicted molar refractivity (Wildman–Crippen MR) is 83.7 cm³/mol. The fourth-order valence-corrected chi connectivity index (χ4v) is 2.92. The minimum absolute atomic E-state index is 0.0189. The lowest BCUT2D eigenvalue weighted by Gasteiger charge is -2.11. The van der Waals surface area contributed by atoms with E-state index < -0.39 is 0 Å². The maximum Gasteiger partial charge on any atom is 0.164 e. The lowest BCUT2D eigenvalue weighted by molar-refractivity contribution is 0.101. The van der Waals surface area contributed by atoms with Gasteiger partial charge >= 0.3 is 0 Å². The van der Waals surface area contributed by atoms with E-state index in [0.29, 0.717) is 12.1 Å². The van der Waals surface area contributed by atoms with Crippen LogP contribution in [0.4, 0.5) is 5.00 Å². The van der Waals surface area contributed by atoms with E-state index in [1.165, 1.54) is 11.5 Å². The number of aromatic nitrogens is 1. The maximum atomic E-state index is 11.7. The van der Waals surface area contributed by atoms with E-state index in [-0.39, 0.29) is 5.78 Å². The second kappa shape index (κ2) is 6.58. The second-order valence-corrected chi connectivity index (χ2v) is 5.33. The van der Waals surface area contributed by atoms with Crippen LogP contribution in [0.15, 0.2) is 18.2 Å². The summed E-state index contributed by atoms with van der Waals surface area (Å²) >= 11 is 1.30. The molecule has 0 aliphatic rings. The van der Waals surface area contributed by atoms with E-state index in [1.807, 2.05) is 25.1 Å². The van der Waals surface area contributed by atoms with E-state index in [1.54, 1.807) is 21.1 Å². The number of ketones is 1. The number of carbonyl (C=O) groups excluding carboxylic acids is 1. The highest BCUT2D eigenvalue weighted by molar-refractivity contribution is 7.10. The number of carbonyl (C=O) groups is 1. The van der Waals surface area contributed by atoms with Gasteiger partial charge in [0.15, 0.2) is 5.78 Å². The van der Waals surface area contributed by atoms with Gasteiger partial charge in [-0.1, -0.05) is 0 Å². The number of aryl methyl sites for hydroxylation is 1. The molecule has 1 aromatic carbocycles. The fourth-order valence-electron chi connectivity index (χ4n) is 2.08. The number of nitrogens with zero attached hydrogens (tertiary/aromatic N) is 1. The number of Topliss-reactive ketones (excluding diaryl/α,β-unsaturated/α-hetero) is 1. The Balaban J connectivity index is 2.19. The van der Waals surface area contributed by atoms with Crippen molar-refractivity contribution in [3.8, 4) is 11.5 Å². The van der Waals surface area contributed by atoms with Crippen LogP contribution in [0, 0.1) is 6.92 Å². The average molecular weight is 306 g/mol. The van der Waals surface area contributed by atoms with Gasteiger partial charge in [-0.25, -0.2) is 0 Å². The van der Waals surface area contributed by atoms with Crippen LogP contribution in [0.3, 0.4) is 0 Å². The van der Waals surface area contributed by atoms with Gasteiger partial charge in [0, 0.05) is 18.2 Å². The Kier molecular flexibility index (Phi) is 4.80. The van der Waals surface area contributed by atoms with Gasteiger partial charge in [0.05, 0.1) is 25.5 Å². The topological polar surface area (TPSA) is 60.5 Å². The van der Waals surface area contributed by atoms with E-state index in [2.05, 4.69) is 9.69 Å². The molecule has 1 heterocycles. The van der Waals surface area contributed by atoms with Crippen molar-refractivity contribution < 1.29 is 14.3 Å². The van der Waals surface area contributed by atoms with E-state index in [4.69, 9.17) is 9.47 Å². The van der Waals surface area contributed by atoms with Gasteiger partial charge in [-0.2, -0.15) is 4.37 Å². The van der Waals surface area contributed by atoms with Crippen LogP contribution in [-0.4, -0.2) is 24.4 Å². The molecule has 0 bridgehead atoms. The zero-order chi connectivity index (χ0) is 15.4. The van der Waals surface area contributed by atoms with Gasteiger partial charge in [-0.3, -0.25) is 4.79 Å². The Hall–Kier alpha value is -2.08. The molecule has 1 N–H and O–H groups in total. The number of ether oxygens (including phenoxy) is 2. The highest BCUT2D eigenvalue weighted by Crippen LogP contribution is 2.28. The molecule has 0 amide bonds. The number of anilines is 1. The molecular weight excluding hydrogens is 288 g/mol. The van der Waals surface area contributed by atoms with Crippen molar-refractivity contribution in [2.24, 2.45) is 0 Å². The van der Waals surface area contributed by atoms with Gasteiger partial charge in [0.25, 0.3) is 0 Å². The summed E-state index contributed by atoms with van der Waals surface area (Å²) in [4.78, 5) is 11.7. The summed E-state index contributed by atoms with van der Waals surface area (Å²) in [5.74, 6) is 1.51. The van der Waals surface area contributed by atoms with Gasteiger partial charge in [0.1, 0.15) is 16.5 Å². The molecular formula is C15H18N2O3S. The lowest BCUT2D eigenvalue weighted by atomic mass is 10.1. The van der Waals surface area contributed by atoms with Crippen LogP contribution in [0.1, 0.15) is 28.5 Å². The van der Waals surface area contributed by atoms with Crippen molar-refractivity contribution in [1.29, 1.82) is 0 Å². The summed E-state index contributed by atoms with van der Waals surface area (Å²) in [5.41, 5.74) is 2.41. The molecule has 0 aliphatic carbocycles. The monoisotopic (exact) mass is 306 g/mol. The number of benzene rings is 1. The van der Waals surface area contributed by atoms with Crippen LogP contribution in [0.5, 0.6) is 11.5 Å². The number of hydrogen-bond acceptors (Lipinski definition) is 6. The van der Waals surface area contributed by atoms with E-state index in [0.717, 1.165) is 27.8 Å². The first-order chi connectivity index (χ1) is 10.1. The first kappa shape index (κ1) is 15.3. The predicted octanol–water partition coefficient (Wildman–Crippen LogP) is 3.28. The summed E-state index contributed by atoms with van der Waals surface area (Å²) in [6.07, 6.45) is 0. The SMILES string of the molecule is COc1ccc(CNc2snc(C)c2C(C)=O)c(OC)c1. The quantitative estimate of drug-likeness (QED) is 0.830. The van der Waals surface area contributed by atoms with Crippen molar-refractivity contribution in [2.45, 2.75) is 20.4 Å². The van der Waals surface area contributed by atoms with Crippen LogP contribution < -0.4 is 14.8 Å². The summed E-state index contributed by atoms with van der Waals surface area (Å²) in [7, 11) is 3.24. The molecule has 1 aromatic heterocycles. The molecule has 112 valence electrons. The van der Waals surface area contributed by atoms with Gasteiger partial charge in [-0.05, 0) is 37.5 Å². The third-order valence-corrected chi connectivity index (χ3v) is 4.04. The van der Waals surface area contributed by atoms with E-state index >= 15 is 0 Å². The number of rotatable bonds is 6. The molecule has 0 radical (unpaired) electrons. The Morgan fingerprint density at radius 2 is 2.10 bits per heavy atom. The Labute approximate surface area is 128 Å². The molecule has 0 spiro atoms. The van der Waals surface area contributed by atoms with Gasteiger partial charge in [0.2, 0.25) is 0 Å². The molecule has 2 rings (SSSR count). The smallest absolute Gasteiger partial charge is 0.164 e. The number of methoxy groups -OCH3 is 2. The van der Waals surface area contributed by atoms with Crippen LogP contribution in [-0.2, 0) is 6.54 Å². The molecule has 0 atom stereocenters. The second-order valence-electron chi connectivity index (χ2n) is 4.56. The normalized spacial score (nSPS) is 10.3. The maximum absolute atomic E-state index is 11.7. The minimum atomic E-state index is 0.0189. The van der Waals surface area contributed by atoms with Crippen molar-refractivity contribution in [2.75, 3.05) is 19.5 Å². The molecule has 0 saturated heterocycles. The molecule has 0 saturated carbocycles. The van der Waals surface area contributed by atoms with Crippen molar-refractivity contribution in [1.82, 2.24) is 4.37 Å². The van der Waals surface area contributed by atoms with Crippen molar-refractivity contribution >= 4 is 22.3 Å². The zero-order valence-corrected chi connectivity index (χ0v) is 13.3. The van der Waals surface area contributed by atoms with Gasteiger partial charge in [-0.15, -0.1) is 0 Å². The molecule has 0 aliphatic heterocycles. The van der Waals surface area contributed by atoms with Crippen LogP contribution >= 0.6 is 11.5 Å². The Morgan fingerprint density at radius 1 is 1.33 bits per heavy atom.